The second kappa shape index (κ2) is 5.81. The Bertz CT molecular complexity index is 554. The van der Waals surface area contributed by atoms with Crippen LogP contribution in [0.5, 0.6) is 0 Å². The molecule has 1 heterocycles. The molecule has 0 unspecified atom stereocenters. The summed E-state index contributed by atoms with van der Waals surface area (Å²) in [6, 6.07) is 11.1. The van der Waals surface area contributed by atoms with Gasteiger partial charge in [-0.25, -0.2) is 4.98 Å². The first kappa shape index (κ1) is 12.8. The highest BCUT2D eigenvalue weighted by Gasteiger charge is 2.08. The van der Waals surface area contributed by atoms with Gasteiger partial charge in [-0.3, -0.25) is 4.79 Å². The molecule has 0 aliphatic heterocycles. The zero-order valence-electron chi connectivity index (χ0n) is 9.77. The van der Waals surface area contributed by atoms with Gasteiger partial charge in [0.1, 0.15) is 5.82 Å². The number of nitrogens with one attached hydrogen (secondary N) is 2. The van der Waals surface area contributed by atoms with E-state index in [1.54, 1.807) is 25.4 Å². The monoisotopic (exact) mass is 353 g/mol. The van der Waals surface area contributed by atoms with Crippen LogP contribution in [0.15, 0.2) is 42.6 Å². The van der Waals surface area contributed by atoms with Crippen molar-refractivity contribution in [1.29, 1.82) is 0 Å². The number of anilines is 2. The van der Waals surface area contributed by atoms with E-state index in [2.05, 4.69) is 38.2 Å². The molecule has 5 heteroatoms. The molecule has 0 fully saturated rings. The topological polar surface area (TPSA) is 54.0 Å². The normalized spacial score (nSPS) is 9.89. The van der Waals surface area contributed by atoms with E-state index in [4.69, 9.17) is 0 Å². The maximum absolute atomic E-state index is 12.0. The number of para-hydroxylation sites is 1. The number of benzene rings is 1. The first-order valence-electron chi connectivity index (χ1n) is 5.40. The average molecular weight is 353 g/mol. The Morgan fingerprint density at radius 3 is 2.61 bits per heavy atom. The number of rotatable bonds is 3. The van der Waals surface area contributed by atoms with E-state index in [0.717, 1.165) is 15.1 Å². The molecule has 0 radical (unpaired) electrons. The van der Waals surface area contributed by atoms with Crippen LogP contribution in [0.4, 0.5) is 11.5 Å². The van der Waals surface area contributed by atoms with Gasteiger partial charge < -0.3 is 10.6 Å². The van der Waals surface area contributed by atoms with Gasteiger partial charge >= 0.3 is 0 Å². The molecule has 4 nitrogen and oxygen atoms in total. The van der Waals surface area contributed by atoms with E-state index < -0.39 is 0 Å². The van der Waals surface area contributed by atoms with Gasteiger partial charge in [-0.05, 0) is 46.9 Å². The predicted octanol–water partition coefficient (Wildman–Crippen LogP) is 2.98. The van der Waals surface area contributed by atoms with Crippen molar-refractivity contribution in [1.82, 2.24) is 4.98 Å². The number of pyridine rings is 1. The van der Waals surface area contributed by atoms with Gasteiger partial charge in [0.05, 0.1) is 11.3 Å². The molecule has 2 aromatic rings. The molecule has 92 valence electrons. The van der Waals surface area contributed by atoms with Crippen molar-refractivity contribution in [2.45, 2.75) is 0 Å². The Balaban J connectivity index is 2.14. The zero-order chi connectivity index (χ0) is 13.0. The third kappa shape index (κ3) is 2.98. The van der Waals surface area contributed by atoms with E-state index >= 15 is 0 Å². The highest BCUT2D eigenvalue weighted by atomic mass is 127. The summed E-state index contributed by atoms with van der Waals surface area (Å²) in [5.41, 5.74) is 1.34. The van der Waals surface area contributed by atoms with Crippen LogP contribution in [0.2, 0.25) is 0 Å². The van der Waals surface area contributed by atoms with Gasteiger partial charge in [-0.2, -0.15) is 0 Å². The summed E-state index contributed by atoms with van der Waals surface area (Å²) >= 11 is 2.18. The minimum Gasteiger partial charge on any atom is -0.373 e. The summed E-state index contributed by atoms with van der Waals surface area (Å²) in [5, 5.41) is 5.77. The first-order valence-corrected chi connectivity index (χ1v) is 6.48. The fourth-order valence-corrected chi connectivity index (χ4v) is 1.96. The standard InChI is InChI=1S/C13H12IN3O/c1-15-12-7-6-9(8-16-12)13(18)17-11-5-3-2-4-10(11)14/h2-8H,1H3,(H,15,16)(H,17,18). The summed E-state index contributed by atoms with van der Waals surface area (Å²) in [6.07, 6.45) is 1.55. The van der Waals surface area contributed by atoms with E-state index in [0.29, 0.717) is 5.56 Å². The second-order valence-electron chi connectivity index (χ2n) is 3.62. The summed E-state index contributed by atoms with van der Waals surface area (Å²) in [7, 11) is 1.79. The Labute approximate surface area is 119 Å². The van der Waals surface area contributed by atoms with Crippen LogP contribution >= 0.6 is 22.6 Å². The summed E-state index contributed by atoms with van der Waals surface area (Å²) < 4.78 is 1.00. The quantitative estimate of drug-likeness (QED) is 0.835. The average Bonchev–Trinajstić information content (AvgIpc) is 2.41. The molecule has 0 aliphatic carbocycles. The van der Waals surface area contributed by atoms with Crippen LogP contribution in [-0.4, -0.2) is 17.9 Å². The van der Waals surface area contributed by atoms with E-state index in [1.165, 1.54) is 0 Å². The largest absolute Gasteiger partial charge is 0.373 e. The first-order chi connectivity index (χ1) is 8.70. The maximum atomic E-state index is 12.0. The molecular weight excluding hydrogens is 341 g/mol. The van der Waals surface area contributed by atoms with Crippen molar-refractivity contribution in [3.8, 4) is 0 Å². The summed E-state index contributed by atoms with van der Waals surface area (Å²) in [4.78, 5) is 16.1. The lowest BCUT2D eigenvalue weighted by molar-refractivity contribution is 0.102. The van der Waals surface area contributed by atoms with Crippen LogP contribution in [0.1, 0.15) is 10.4 Å². The maximum Gasteiger partial charge on any atom is 0.257 e. The SMILES string of the molecule is CNc1ccc(C(=O)Nc2ccccc2I)cn1. The van der Waals surface area contributed by atoms with Gasteiger partial charge in [-0.1, -0.05) is 12.1 Å². The molecule has 0 saturated heterocycles. The van der Waals surface area contributed by atoms with Gasteiger partial charge in [0.25, 0.3) is 5.91 Å². The van der Waals surface area contributed by atoms with Crippen LogP contribution in [0, 0.1) is 3.57 Å². The molecule has 0 bridgehead atoms. The Kier molecular flexibility index (Phi) is 4.14. The Hall–Kier alpha value is -1.63. The van der Waals surface area contributed by atoms with Gasteiger partial charge in [0.15, 0.2) is 0 Å². The van der Waals surface area contributed by atoms with Gasteiger partial charge in [0.2, 0.25) is 0 Å². The van der Waals surface area contributed by atoms with Crippen LogP contribution in [-0.2, 0) is 0 Å². The minimum atomic E-state index is -0.158. The number of halogens is 1. The molecule has 1 aromatic carbocycles. The number of nitrogens with zero attached hydrogens (tertiary/aromatic N) is 1. The number of carbonyl (C=O) groups excluding carboxylic acids is 1. The van der Waals surface area contributed by atoms with E-state index in [-0.39, 0.29) is 5.91 Å². The van der Waals surface area contributed by atoms with E-state index in [9.17, 15) is 4.79 Å². The van der Waals surface area contributed by atoms with Gasteiger partial charge in [-0.15, -0.1) is 0 Å². The van der Waals surface area contributed by atoms with E-state index in [1.807, 2.05) is 24.3 Å². The van der Waals surface area contributed by atoms with Crippen molar-refractivity contribution in [2.75, 3.05) is 17.7 Å². The Morgan fingerprint density at radius 1 is 1.22 bits per heavy atom. The second-order valence-corrected chi connectivity index (χ2v) is 4.78. The minimum absolute atomic E-state index is 0.158. The molecule has 18 heavy (non-hydrogen) atoms. The molecule has 1 aromatic heterocycles. The third-order valence-electron chi connectivity index (χ3n) is 2.40. The third-order valence-corrected chi connectivity index (χ3v) is 3.34. The fraction of sp³-hybridized carbons (Fsp3) is 0.0769. The lowest BCUT2D eigenvalue weighted by atomic mass is 10.2. The molecule has 0 spiro atoms. The number of hydrogen-bond donors (Lipinski definition) is 2. The molecular formula is C13H12IN3O. The summed E-state index contributed by atoms with van der Waals surface area (Å²) in [5.74, 6) is 0.579. The number of carbonyl (C=O) groups is 1. The molecule has 2 rings (SSSR count). The molecule has 2 N–H and O–H groups in total. The Morgan fingerprint density at radius 2 is 2.00 bits per heavy atom. The smallest absolute Gasteiger partial charge is 0.257 e. The van der Waals surface area contributed by atoms with Crippen molar-refractivity contribution < 1.29 is 4.79 Å². The molecule has 0 atom stereocenters. The zero-order valence-corrected chi connectivity index (χ0v) is 11.9. The molecule has 0 aliphatic rings. The van der Waals surface area contributed by atoms with Gasteiger partial charge in [0, 0.05) is 16.8 Å². The lowest BCUT2D eigenvalue weighted by Gasteiger charge is -2.07. The van der Waals surface area contributed by atoms with Crippen LogP contribution < -0.4 is 10.6 Å². The number of hydrogen-bond acceptors (Lipinski definition) is 3. The molecule has 1 amide bonds. The predicted molar refractivity (Wildman–Crippen MR) is 80.9 cm³/mol. The summed E-state index contributed by atoms with van der Waals surface area (Å²) in [6.45, 7) is 0. The van der Waals surface area contributed by atoms with Crippen molar-refractivity contribution in [3.05, 3.63) is 51.7 Å². The van der Waals surface area contributed by atoms with Crippen LogP contribution in [0.25, 0.3) is 0 Å². The van der Waals surface area contributed by atoms with Crippen molar-refractivity contribution in [3.63, 3.8) is 0 Å². The van der Waals surface area contributed by atoms with Crippen molar-refractivity contribution in [2.24, 2.45) is 0 Å². The molecule has 0 saturated carbocycles. The number of aromatic nitrogens is 1. The highest BCUT2D eigenvalue weighted by Crippen LogP contribution is 2.18. The number of amides is 1. The fourth-order valence-electron chi connectivity index (χ4n) is 1.43. The van der Waals surface area contributed by atoms with Crippen molar-refractivity contribution >= 4 is 40.0 Å². The lowest BCUT2D eigenvalue weighted by Crippen LogP contribution is -2.13. The highest BCUT2D eigenvalue weighted by molar-refractivity contribution is 14.1. The van der Waals surface area contributed by atoms with Crippen LogP contribution in [0.3, 0.4) is 0 Å².